The summed E-state index contributed by atoms with van der Waals surface area (Å²) in [6.07, 6.45) is 8.08. The van der Waals surface area contributed by atoms with Gasteiger partial charge in [-0.2, -0.15) is 0 Å². The van der Waals surface area contributed by atoms with Gasteiger partial charge < -0.3 is 14.5 Å². The Labute approximate surface area is 184 Å². The van der Waals surface area contributed by atoms with Crippen molar-refractivity contribution in [3.8, 4) is 0 Å². The van der Waals surface area contributed by atoms with Crippen LogP contribution in [0.1, 0.15) is 38.5 Å². The van der Waals surface area contributed by atoms with Crippen molar-refractivity contribution in [2.24, 2.45) is 5.92 Å². The molecule has 1 aromatic carbocycles. The zero-order valence-electron chi connectivity index (χ0n) is 18.5. The van der Waals surface area contributed by atoms with Gasteiger partial charge in [-0.05, 0) is 56.8 Å². The fourth-order valence-electron chi connectivity index (χ4n) is 5.23. The van der Waals surface area contributed by atoms with Crippen LogP contribution in [-0.2, 0) is 16.1 Å². The number of fused-ring (bicyclic) bond motifs is 2. The van der Waals surface area contributed by atoms with Gasteiger partial charge in [0.05, 0.1) is 23.8 Å². The van der Waals surface area contributed by atoms with Crippen LogP contribution in [0.4, 0.5) is 0 Å². The molecule has 2 fully saturated rings. The molecule has 7 nitrogen and oxygen atoms in total. The average Bonchev–Trinajstić information content (AvgIpc) is 2.81. The number of methoxy groups -OCH3 is 1. The molecule has 2 aliphatic rings. The summed E-state index contributed by atoms with van der Waals surface area (Å²) in [5, 5.41) is 0.591. The highest BCUT2D eigenvalue weighted by Crippen LogP contribution is 2.31. The summed E-state index contributed by atoms with van der Waals surface area (Å²) in [7, 11) is 1.67. The predicted molar refractivity (Wildman–Crippen MR) is 121 cm³/mol. The van der Waals surface area contributed by atoms with Crippen molar-refractivity contribution in [3.05, 3.63) is 40.9 Å². The van der Waals surface area contributed by atoms with Crippen LogP contribution in [0.5, 0.6) is 0 Å². The molecule has 0 saturated carbocycles. The van der Waals surface area contributed by atoms with E-state index < -0.39 is 0 Å². The number of hydrogen-bond acceptors (Lipinski definition) is 5. The summed E-state index contributed by atoms with van der Waals surface area (Å²) < 4.78 is 6.83. The molecular formula is C24H34N4O3. The molecule has 1 amide bonds. The van der Waals surface area contributed by atoms with Crippen LogP contribution in [-0.4, -0.2) is 71.2 Å². The monoisotopic (exact) mass is 426 g/mol. The van der Waals surface area contributed by atoms with E-state index in [0.717, 1.165) is 6.54 Å². The number of nitrogens with zero attached hydrogens (tertiary/aromatic N) is 4. The summed E-state index contributed by atoms with van der Waals surface area (Å²) in [5.74, 6) is 0.616. The van der Waals surface area contributed by atoms with E-state index in [2.05, 4.69) is 9.88 Å². The molecule has 0 aliphatic carbocycles. The highest BCUT2D eigenvalue weighted by atomic mass is 16.5. The SMILES string of the molecule is COCCN(C[C@@H]1CCCN2CCCC[C@@H]12)C(=O)CCn1cnc2ccccc2c1=O. The average molecular weight is 427 g/mol. The molecule has 2 atom stereocenters. The summed E-state index contributed by atoms with van der Waals surface area (Å²) in [6.45, 7) is 4.66. The van der Waals surface area contributed by atoms with E-state index in [1.807, 2.05) is 23.1 Å². The van der Waals surface area contributed by atoms with E-state index in [1.165, 1.54) is 45.2 Å². The second-order valence-corrected chi connectivity index (χ2v) is 8.84. The van der Waals surface area contributed by atoms with Crippen LogP contribution in [0.3, 0.4) is 0 Å². The molecule has 7 heteroatoms. The zero-order chi connectivity index (χ0) is 21.6. The molecular weight excluding hydrogens is 392 g/mol. The molecule has 3 heterocycles. The predicted octanol–water partition coefficient (Wildman–Crippen LogP) is 2.53. The number of para-hydroxylation sites is 1. The molecule has 168 valence electrons. The number of carbonyl (C=O) groups is 1. The molecule has 0 bridgehead atoms. The first-order valence-electron chi connectivity index (χ1n) is 11.6. The van der Waals surface area contributed by atoms with E-state index in [1.54, 1.807) is 24.1 Å². The maximum atomic E-state index is 13.2. The molecule has 0 radical (unpaired) electrons. The van der Waals surface area contributed by atoms with E-state index in [9.17, 15) is 9.59 Å². The number of rotatable bonds is 8. The van der Waals surface area contributed by atoms with Crippen LogP contribution in [0, 0.1) is 5.92 Å². The number of aromatic nitrogens is 2. The van der Waals surface area contributed by atoms with Gasteiger partial charge >= 0.3 is 0 Å². The lowest BCUT2D eigenvalue weighted by molar-refractivity contribution is -0.133. The van der Waals surface area contributed by atoms with Gasteiger partial charge in [-0.15, -0.1) is 0 Å². The number of ether oxygens (including phenoxy) is 1. The minimum absolute atomic E-state index is 0.0880. The van der Waals surface area contributed by atoms with Crippen molar-refractivity contribution in [2.75, 3.05) is 39.9 Å². The standard InChI is InChI=1S/C24H34N4O3/c1-31-16-15-27(17-19-7-6-13-26-12-5-4-10-22(19)26)23(29)11-14-28-18-25-21-9-3-2-8-20(21)24(28)30/h2-3,8-9,18-19,22H,4-7,10-17H2,1H3/t19-,22-/m0/s1. The van der Waals surface area contributed by atoms with E-state index in [0.29, 0.717) is 49.0 Å². The normalized spacial score (nSPS) is 21.7. The lowest BCUT2D eigenvalue weighted by Crippen LogP contribution is -2.52. The number of piperidine rings is 2. The molecule has 0 spiro atoms. The van der Waals surface area contributed by atoms with Crippen molar-refractivity contribution in [2.45, 2.75) is 51.1 Å². The lowest BCUT2D eigenvalue weighted by Gasteiger charge is -2.45. The molecule has 1 aromatic heterocycles. The summed E-state index contributed by atoms with van der Waals surface area (Å²) in [5.41, 5.74) is 0.595. The Hall–Kier alpha value is -2.25. The van der Waals surface area contributed by atoms with Crippen molar-refractivity contribution in [1.82, 2.24) is 19.4 Å². The van der Waals surface area contributed by atoms with Gasteiger partial charge in [-0.1, -0.05) is 18.6 Å². The van der Waals surface area contributed by atoms with Gasteiger partial charge in [0.2, 0.25) is 5.91 Å². The van der Waals surface area contributed by atoms with Crippen LogP contribution in [0.25, 0.3) is 10.9 Å². The van der Waals surface area contributed by atoms with E-state index >= 15 is 0 Å². The molecule has 2 aromatic rings. The maximum Gasteiger partial charge on any atom is 0.261 e. The second-order valence-electron chi connectivity index (χ2n) is 8.84. The Bertz CT molecular complexity index is 942. The first-order valence-corrected chi connectivity index (χ1v) is 11.6. The lowest BCUT2D eigenvalue weighted by atomic mass is 9.83. The summed E-state index contributed by atoms with van der Waals surface area (Å²) in [6, 6.07) is 7.93. The number of amides is 1. The molecule has 31 heavy (non-hydrogen) atoms. The van der Waals surface area contributed by atoms with Crippen molar-refractivity contribution < 1.29 is 9.53 Å². The van der Waals surface area contributed by atoms with Crippen LogP contribution in [0.2, 0.25) is 0 Å². The Morgan fingerprint density at radius 2 is 2.03 bits per heavy atom. The fourth-order valence-corrected chi connectivity index (χ4v) is 5.23. The fraction of sp³-hybridized carbons (Fsp3) is 0.625. The number of benzene rings is 1. The van der Waals surface area contributed by atoms with Crippen LogP contribution < -0.4 is 5.56 Å². The van der Waals surface area contributed by atoms with Gasteiger partial charge in [-0.25, -0.2) is 4.98 Å². The van der Waals surface area contributed by atoms with Gasteiger partial charge in [0.15, 0.2) is 0 Å². The van der Waals surface area contributed by atoms with Gasteiger partial charge in [-0.3, -0.25) is 14.2 Å². The number of aryl methyl sites for hydroxylation is 1. The Morgan fingerprint density at radius 3 is 2.90 bits per heavy atom. The Morgan fingerprint density at radius 1 is 1.19 bits per heavy atom. The first-order chi connectivity index (χ1) is 15.2. The Balaban J connectivity index is 1.42. The van der Waals surface area contributed by atoms with Crippen LogP contribution >= 0.6 is 0 Å². The minimum Gasteiger partial charge on any atom is -0.383 e. The first kappa shape index (κ1) is 22.0. The third-order valence-electron chi connectivity index (χ3n) is 6.90. The molecule has 2 aliphatic heterocycles. The number of hydrogen-bond donors (Lipinski definition) is 0. The molecule has 2 saturated heterocycles. The number of carbonyl (C=O) groups excluding carboxylic acids is 1. The van der Waals surface area contributed by atoms with Crippen molar-refractivity contribution in [3.63, 3.8) is 0 Å². The highest BCUT2D eigenvalue weighted by Gasteiger charge is 2.34. The molecule has 0 N–H and O–H groups in total. The van der Waals surface area contributed by atoms with Crippen molar-refractivity contribution in [1.29, 1.82) is 0 Å². The van der Waals surface area contributed by atoms with Gasteiger partial charge in [0.1, 0.15) is 0 Å². The highest BCUT2D eigenvalue weighted by molar-refractivity contribution is 5.77. The molecule has 4 rings (SSSR count). The maximum absolute atomic E-state index is 13.2. The zero-order valence-corrected chi connectivity index (χ0v) is 18.5. The van der Waals surface area contributed by atoms with Crippen LogP contribution in [0.15, 0.2) is 35.4 Å². The largest absolute Gasteiger partial charge is 0.383 e. The Kier molecular flexibility index (Phi) is 7.35. The van der Waals surface area contributed by atoms with E-state index in [-0.39, 0.29) is 11.5 Å². The van der Waals surface area contributed by atoms with E-state index in [4.69, 9.17) is 4.74 Å². The van der Waals surface area contributed by atoms with Crippen molar-refractivity contribution >= 4 is 16.8 Å². The summed E-state index contributed by atoms with van der Waals surface area (Å²) in [4.78, 5) is 34.8. The van der Waals surface area contributed by atoms with Gasteiger partial charge in [0.25, 0.3) is 5.56 Å². The topological polar surface area (TPSA) is 67.7 Å². The summed E-state index contributed by atoms with van der Waals surface area (Å²) >= 11 is 0. The minimum atomic E-state index is -0.0908. The molecule has 0 unspecified atom stereocenters. The third kappa shape index (κ3) is 5.15. The van der Waals surface area contributed by atoms with Gasteiger partial charge in [0, 0.05) is 39.2 Å². The third-order valence-corrected chi connectivity index (χ3v) is 6.90. The smallest absolute Gasteiger partial charge is 0.261 e. The second kappa shape index (κ2) is 10.4. The quantitative estimate of drug-likeness (QED) is 0.649.